The maximum absolute atomic E-state index is 13.7. The molecule has 0 bridgehead atoms. The number of carbonyl (C=O) groups is 1. The van der Waals surface area contributed by atoms with Gasteiger partial charge in [0.1, 0.15) is 17.8 Å². The monoisotopic (exact) mass is 437 g/mol. The molecular formula is C16H12Cl3F2N3OS. The van der Waals surface area contributed by atoms with Crippen LogP contribution in [0.3, 0.4) is 0 Å². The van der Waals surface area contributed by atoms with E-state index in [-0.39, 0.29) is 10.7 Å². The molecule has 0 aliphatic carbocycles. The summed E-state index contributed by atoms with van der Waals surface area (Å²) in [6.45, 7) is 0. The first-order valence-corrected chi connectivity index (χ1v) is 8.66. The number of alkyl halides is 3. The van der Waals surface area contributed by atoms with Crippen LogP contribution in [0.1, 0.15) is 10.4 Å². The summed E-state index contributed by atoms with van der Waals surface area (Å²) in [6.07, 6.45) is -1.26. The summed E-state index contributed by atoms with van der Waals surface area (Å²) in [7, 11) is 0. The van der Waals surface area contributed by atoms with E-state index in [2.05, 4.69) is 16.0 Å². The van der Waals surface area contributed by atoms with Gasteiger partial charge < -0.3 is 16.0 Å². The van der Waals surface area contributed by atoms with Gasteiger partial charge in [-0.15, -0.1) is 0 Å². The Labute approximate surface area is 168 Å². The quantitative estimate of drug-likeness (QED) is 0.377. The van der Waals surface area contributed by atoms with Crippen LogP contribution in [0.2, 0.25) is 0 Å². The predicted octanol–water partition coefficient (Wildman–Crippen LogP) is 4.38. The Morgan fingerprint density at radius 3 is 2.19 bits per heavy atom. The zero-order valence-corrected chi connectivity index (χ0v) is 16.0. The third-order valence-corrected chi connectivity index (χ3v) is 3.97. The molecule has 0 spiro atoms. The fourth-order valence-electron chi connectivity index (χ4n) is 1.89. The Kier molecular flexibility index (Phi) is 7.00. The van der Waals surface area contributed by atoms with Crippen LogP contribution in [0.4, 0.5) is 14.5 Å². The number of hydrogen-bond acceptors (Lipinski definition) is 2. The van der Waals surface area contributed by atoms with E-state index >= 15 is 0 Å². The van der Waals surface area contributed by atoms with Gasteiger partial charge in [-0.3, -0.25) is 4.79 Å². The van der Waals surface area contributed by atoms with Crippen LogP contribution in [0.15, 0.2) is 48.5 Å². The normalized spacial score (nSPS) is 12.2. The summed E-state index contributed by atoms with van der Waals surface area (Å²) in [5.74, 6) is -1.93. The predicted molar refractivity (Wildman–Crippen MR) is 104 cm³/mol. The number of anilines is 1. The molecule has 0 saturated heterocycles. The lowest BCUT2D eigenvalue weighted by molar-refractivity contribution is 0.0930. The van der Waals surface area contributed by atoms with Crippen LogP contribution in [-0.2, 0) is 0 Å². The first-order chi connectivity index (χ1) is 12.2. The summed E-state index contributed by atoms with van der Waals surface area (Å²) >= 11 is 22.7. The number of rotatable bonds is 4. The van der Waals surface area contributed by atoms with Crippen LogP contribution in [-0.4, -0.2) is 21.0 Å². The molecule has 4 nitrogen and oxygen atoms in total. The fraction of sp³-hybridized carbons (Fsp3) is 0.125. The van der Waals surface area contributed by atoms with Gasteiger partial charge in [0.05, 0.1) is 5.56 Å². The van der Waals surface area contributed by atoms with Gasteiger partial charge in [0.15, 0.2) is 5.11 Å². The van der Waals surface area contributed by atoms with Gasteiger partial charge in [-0.1, -0.05) is 46.9 Å². The average molecular weight is 439 g/mol. The van der Waals surface area contributed by atoms with E-state index in [1.54, 1.807) is 0 Å². The summed E-state index contributed by atoms with van der Waals surface area (Å²) in [4.78, 5) is 12.2. The summed E-state index contributed by atoms with van der Waals surface area (Å²) in [5, 5.41) is 7.73. The van der Waals surface area contributed by atoms with Crippen LogP contribution in [0.5, 0.6) is 0 Å². The van der Waals surface area contributed by atoms with Gasteiger partial charge >= 0.3 is 0 Å². The van der Waals surface area contributed by atoms with Crippen molar-refractivity contribution < 1.29 is 13.6 Å². The standard InChI is InChI=1S/C16H12Cl3F2N3OS/c17-16(18,19)14(23-13(25)11-3-1-2-4-12(11)21)24-15(26)22-10-7-5-9(20)6-8-10/h1-8,14H,(H,23,25)(H2,22,24,26)/t14-/m1/s1. The van der Waals surface area contributed by atoms with Crippen molar-refractivity contribution in [2.24, 2.45) is 0 Å². The molecule has 0 saturated carbocycles. The molecule has 2 rings (SSSR count). The number of carbonyl (C=O) groups excluding carboxylic acids is 1. The van der Waals surface area contributed by atoms with Crippen LogP contribution in [0, 0.1) is 11.6 Å². The molecule has 0 fully saturated rings. The van der Waals surface area contributed by atoms with E-state index in [4.69, 9.17) is 47.0 Å². The third kappa shape index (κ3) is 5.95. The highest BCUT2D eigenvalue weighted by molar-refractivity contribution is 7.80. The second-order valence-electron chi connectivity index (χ2n) is 5.03. The minimum absolute atomic E-state index is 0.00164. The molecule has 26 heavy (non-hydrogen) atoms. The summed E-state index contributed by atoms with van der Waals surface area (Å²) in [6, 6.07) is 10.7. The number of benzene rings is 2. The first kappa shape index (κ1) is 20.6. The molecule has 10 heteroatoms. The maximum Gasteiger partial charge on any atom is 0.255 e. The van der Waals surface area contributed by atoms with Gasteiger partial charge in [0.2, 0.25) is 3.79 Å². The van der Waals surface area contributed by atoms with E-state index in [1.807, 2.05) is 0 Å². The van der Waals surface area contributed by atoms with E-state index < -0.39 is 27.5 Å². The van der Waals surface area contributed by atoms with E-state index in [1.165, 1.54) is 42.5 Å². The minimum Gasteiger partial charge on any atom is -0.339 e. The second-order valence-corrected chi connectivity index (χ2v) is 7.81. The van der Waals surface area contributed by atoms with Crippen LogP contribution >= 0.6 is 47.0 Å². The number of amides is 1. The van der Waals surface area contributed by atoms with Gasteiger partial charge in [0, 0.05) is 5.69 Å². The molecule has 0 heterocycles. The first-order valence-electron chi connectivity index (χ1n) is 7.12. The largest absolute Gasteiger partial charge is 0.339 e. The Hall–Kier alpha value is -1.67. The highest BCUT2D eigenvalue weighted by atomic mass is 35.6. The Morgan fingerprint density at radius 2 is 1.62 bits per heavy atom. The van der Waals surface area contributed by atoms with Crippen molar-refractivity contribution in [3.63, 3.8) is 0 Å². The molecule has 1 atom stereocenters. The van der Waals surface area contributed by atoms with Crippen LogP contribution in [0.25, 0.3) is 0 Å². The highest BCUT2D eigenvalue weighted by Crippen LogP contribution is 2.29. The molecule has 138 valence electrons. The molecule has 3 N–H and O–H groups in total. The summed E-state index contributed by atoms with van der Waals surface area (Å²) < 4.78 is 24.7. The second kappa shape index (κ2) is 8.81. The van der Waals surface area contributed by atoms with Gasteiger partial charge in [-0.2, -0.15) is 0 Å². The highest BCUT2D eigenvalue weighted by Gasteiger charge is 2.35. The topological polar surface area (TPSA) is 53.2 Å². The van der Waals surface area contributed by atoms with Crippen molar-refractivity contribution in [3.05, 3.63) is 65.7 Å². The fourth-order valence-corrected chi connectivity index (χ4v) is 2.45. The lowest BCUT2D eigenvalue weighted by atomic mass is 10.2. The molecular weight excluding hydrogens is 427 g/mol. The van der Waals surface area contributed by atoms with Gasteiger partial charge in [0.25, 0.3) is 5.91 Å². The third-order valence-electron chi connectivity index (χ3n) is 3.10. The zero-order chi connectivity index (χ0) is 19.3. The van der Waals surface area contributed by atoms with Crippen molar-refractivity contribution in [3.8, 4) is 0 Å². The zero-order valence-electron chi connectivity index (χ0n) is 12.9. The van der Waals surface area contributed by atoms with Gasteiger partial charge in [-0.25, -0.2) is 8.78 Å². The number of thiocarbonyl (C=S) groups is 1. The van der Waals surface area contributed by atoms with E-state index in [9.17, 15) is 13.6 Å². The maximum atomic E-state index is 13.7. The van der Waals surface area contributed by atoms with Crippen molar-refractivity contribution in [1.29, 1.82) is 0 Å². The Bertz CT molecular complexity index is 800. The lowest BCUT2D eigenvalue weighted by Gasteiger charge is -2.27. The molecule has 0 aliphatic heterocycles. The number of halogens is 5. The SMILES string of the molecule is O=C(N[C@H](NC(=S)Nc1ccc(F)cc1)C(Cl)(Cl)Cl)c1ccccc1F. The number of nitrogens with one attached hydrogen (secondary N) is 3. The Balaban J connectivity index is 2.07. The van der Waals surface area contributed by atoms with E-state index in [0.29, 0.717) is 5.69 Å². The average Bonchev–Trinajstić information content (AvgIpc) is 2.56. The molecule has 0 unspecified atom stereocenters. The van der Waals surface area contributed by atoms with E-state index in [0.717, 1.165) is 6.07 Å². The smallest absolute Gasteiger partial charge is 0.255 e. The molecule has 1 amide bonds. The minimum atomic E-state index is -1.99. The molecule has 2 aromatic carbocycles. The van der Waals surface area contributed by atoms with Crippen molar-refractivity contribution in [1.82, 2.24) is 10.6 Å². The van der Waals surface area contributed by atoms with Gasteiger partial charge in [-0.05, 0) is 48.6 Å². The van der Waals surface area contributed by atoms with Crippen molar-refractivity contribution in [2.45, 2.75) is 9.96 Å². The molecule has 0 aromatic heterocycles. The lowest BCUT2D eigenvalue weighted by Crippen LogP contribution is -2.56. The molecule has 0 aliphatic rings. The van der Waals surface area contributed by atoms with Crippen molar-refractivity contribution >= 4 is 63.7 Å². The number of hydrogen-bond donors (Lipinski definition) is 3. The summed E-state index contributed by atoms with van der Waals surface area (Å²) in [5.41, 5.74) is 0.262. The van der Waals surface area contributed by atoms with Crippen molar-refractivity contribution in [2.75, 3.05) is 5.32 Å². The van der Waals surface area contributed by atoms with Crippen LogP contribution < -0.4 is 16.0 Å². The molecule has 2 aromatic rings. The Morgan fingerprint density at radius 1 is 1.00 bits per heavy atom. The molecule has 0 radical (unpaired) electrons.